The molecular weight excluding hydrogens is 470 g/mol. The van der Waals surface area contributed by atoms with Gasteiger partial charge in [-0.15, -0.1) is 0 Å². The molecule has 3 aromatic rings. The third-order valence-electron chi connectivity index (χ3n) is 5.53. The molecule has 0 spiro atoms. The van der Waals surface area contributed by atoms with Crippen LogP contribution in [0, 0.1) is 10.1 Å². The zero-order valence-electron chi connectivity index (χ0n) is 19.7. The second kappa shape index (κ2) is 11.4. The Balaban J connectivity index is 1.64. The highest BCUT2D eigenvalue weighted by Crippen LogP contribution is 2.19. The van der Waals surface area contributed by atoms with Crippen LogP contribution in [0.1, 0.15) is 18.3 Å². The monoisotopic (exact) mass is 495 g/mol. The van der Waals surface area contributed by atoms with Gasteiger partial charge in [0.25, 0.3) is 5.69 Å². The van der Waals surface area contributed by atoms with Crippen molar-refractivity contribution in [1.82, 2.24) is 14.5 Å². The van der Waals surface area contributed by atoms with E-state index in [1.54, 1.807) is 34.6 Å². The largest absolute Gasteiger partial charge is 0.461 e. The number of amides is 1. The van der Waals surface area contributed by atoms with Gasteiger partial charge >= 0.3 is 5.97 Å². The Hall–Kier alpha value is -4.32. The number of ether oxygens (including phenoxy) is 2. The highest BCUT2D eigenvalue weighted by molar-refractivity contribution is 6.42. The van der Waals surface area contributed by atoms with E-state index in [2.05, 4.69) is 10.1 Å². The minimum Gasteiger partial charge on any atom is -0.461 e. The van der Waals surface area contributed by atoms with Crippen molar-refractivity contribution in [2.24, 2.45) is 5.16 Å². The van der Waals surface area contributed by atoms with Crippen LogP contribution >= 0.6 is 0 Å². The number of hydrogen-bond donors (Lipinski definition) is 0. The fourth-order valence-corrected chi connectivity index (χ4v) is 3.72. The Kier molecular flexibility index (Phi) is 7.85. The number of rotatable bonds is 9. The molecule has 0 radical (unpaired) electrons. The van der Waals surface area contributed by atoms with Crippen molar-refractivity contribution >= 4 is 34.3 Å². The molecule has 2 aromatic carbocycles. The number of nitro groups is 1. The summed E-state index contributed by atoms with van der Waals surface area (Å²) in [5.74, 6) is -0.755. The van der Waals surface area contributed by atoms with Crippen molar-refractivity contribution in [3.63, 3.8) is 0 Å². The summed E-state index contributed by atoms with van der Waals surface area (Å²) in [4.78, 5) is 47.9. The Labute approximate surface area is 206 Å². The van der Waals surface area contributed by atoms with Crippen LogP contribution in [0.3, 0.4) is 0 Å². The topological polar surface area (TPSA) is 138 Å². The van der Waals surface area contributed by atoms with Crippen LogP contribution in [0.4, 0.5) is 5.69 Å². The molecule has 2 heterocycles. The highest BCUT2D eigenvalue weighted by Gasteiger charge is 2.27. The number of carbonyl (C=O) groups is 2. The van der Waals surface area contributed by atoms with Gasteiger partial charge in [-0.2, -0.15) is 0 Å². The quantitative estimate of drug-likeness (QED) is 0.191. The van der Waals surface area contributed by atoms with Gasteiger partial charge in [-0.1, -0.05) is 17.3 Å². The lowest BCUT2D eigenvalue weighted by Crippen LogP contribution is -2.42. The third-order valence-corrected chi connectivity index (χ3v) is 5.53. The summed E-state index contributed by atoms with van der Waals surface area (Å²) in [5, 5.41) is 14.9. The molecule has 1 aliphatic rings. The number of oxime groups is 1. The predicted molar refractivity (Wildman–Crippen MR) is 128 cm³/mol. The van der Waals surface area contributed by atoms with Crippen molar-refractivity contribution in [3.05, 3.63) is 70.0 Å². The van der Waals surface area contributed by atoms with Gasteiger partial charge in [0.15, 0.2) is 5.82 Å². The highest BCUT2D eigenvalue weighted by atomic mass is 16.6. The molecule has 1 aliphatic heterocycles. The molecule has 0 saturated carbocycles. The first-order chi connectivity index (χ1) is 17.5. The normalized spacial score (nSPS) is 14.0. The minimum atomic E-state index is -0.753. The maximum absolute atomic E-state index is 13.0. The molecule has 1 saturated heterocycles. The summed E-state index contributed by atoms with van der Waals surface area (Å²) >= 11 is 0. The number of imidazole rings is 1. The van der Waals surface area contributed by atoms with Crippen LogP contribution in [0.2, 0.25) is 0 Å². The summed E-state index contributed by atoms with van der Waals surface area (Å²) in [5.41, 5.74) is 1.61. The average molecular weight is 495 g/mol. The number of fused-ring (bicyclic) bond motifs is 1. The maximum Gasteiger partial charge on any atom is 0.364 e. The van der Waals surface area contributed by atoms with Gasteiger partial charge in [0.2, 0.25) is 11.6 Å². The molecule has 36 heavy (non-hydrogen) atoms. The molecule has 0 atom stereocenters. The van der Waals surface area contributed by atoms with E-state index in [4.69, 9.17) is 14.3 Å². The fourth-order valence-electron chi connectivity index (χ4n) is 3.72. The molecule has 0 N–H and O–H groups in total. The van der Waals surface area contributed by atoms with E-state index >= 15 is 0 Å². The third kappa shape index (κ3) is 5.66. The van der Waals surface area contributed by atoms with E-state index in [1.165, 1.54) is 24.3 Å². The Morgan fingerprint density at radius 1 is 1.14 bits per heavy atom. The van der Waals surface area contributed by atoms with Crippen molar-refractivity contribution in [3.8, 4) is 0 Å². The molecule has 0 bridgehead atoms. The number of morpholine rings is 1. The second-order valence-corrected chi connectivity index (χ2v) is 7.86. The number of esters is 1. The summed E-state index contributed by atoms with van der Waals surface area (Å²) in [7, 11) is 0. The first-order valence-corrected chi connectivity index (χ1v) is 11.4. The molecule has 1 fully saturated rings. The van der Waals surface area contributed by atoms with E-state index in [0.29, 0.717) is 42.9 Å². The number of nitro benzene ring substituents is 1. The van der Waals surface area contributed by atoms with Gasteiger partial charge in [0, 0.05) is 25.2 Å². The molecule has 1 aromatic heterocycles. The molecule has 4 rings (SSSR count). The van der Waals surface area contributed by atoms with Crippen LogP contribution in [0.5, 0.6) is 0 Å². The van der Waals surface area contributed by atoms with Gasteiger partial charge in [0.05, 0.1) is 35.8 Å². The summed E-state index contributed by atoms with van der Waals surface area (Å²) in [6.07, 6.45) is 0. The molecule has 1 amide bonds. The van der Waals surface area contributed by atoms with Gasteiger partial charge in [-0.25, -0.2) is 9.78 Å². The van der Waals surface area contributed by atoms with Crippen molar-refractivity contribution in [1.29, 1.82) is 0 Å². The SMILES string of the molecule is CCOC(=O)/C(=N\OCc1ccc([N+](=O)[O-])cc1)c1nc2ccccc2n1CC(=O)N1CCOCC1. The smallest absolute Gasteiger partial charge is 0.364 e. The zero-order valence-corrected chi connectivity index (χ0v) is 19.7. The molecule has 12 heteroatoms. The molecule has 12 nitrogen and oxygen atoms in total. The molecule has 0 unspecified atom stereocenters. The van der Waals surface area contributed by atoms with Gasteiger partial charge < -0.3 is 23.8 Å². The number of benzene rings is 2. The second-order valence-electron chi connectivity index (χ2n) is 7.86. The molecule has 0 aliphatic carbocycles. The van der Waals surface area contributed by atoms with Crippen LogP contribution in [-0.4, -0.2) is 69.9 Å². The summed E-state index contributed by atoms with van der Waals surface area (Å²) < 4.78 is 12.1. The minimum absolute atomic E-state index is 0.0478. The van der Waals surface area contributed by atoms with Crippen molar-refractivity contribution < 1.29 is 28.8 Å². The van der Waals surface area contributed by atoms with E-state index < -0.39 is 10.9 Å². The van der Waals surface area contributed by atoms with Crippen LogP contribution in [0.15, 0.2) is 53.7 Å². The molecular formula is C24H25N5O7. The molecule has 188 valence electrons. The summed E-state index contributed by atoms with van der Waals surface area (Å²) in [6.45, 7) is 3.57. The standard InChI is InChI=1S/C24H25N5O7/c1-2-35-24(31)22(26-36-16-17-7-9-18(10-8-17)29(32)33)23-25-19-5-3-4-6-20(19)28(23)15-21(30)27-11-13-34-14-12-27/h3-10H,2,11-16H2,1H3/b26-22-. The van der Waals surface area contributed by atoms with Gasteiger partial charge in [-0.05, 0) is 36.8 Å². The number of nitrogens with zero attached hydrogens (tertiary/aromatic N) is 5. The van der Waals surface area contributed by atoms with Crippen LogP contribution in [0.25, 0.3) is 11.0 Å². The number of carbonyl (C=O) groups excluding carboxylic acids is 2. The number of para-hydroxylation sites is 2. The van der Waals surface area contributed by atoms with Gasteiger partial charge in [-0.3, -0.25) is 14.9 Å². The zero-order chi connectivity index (χ0) is 25.5. The lowest BCUT2D eigenvalue weighted by Gasteiger charge is -2.27. The van der Waals surface area contributed by atoms with Gasteiger partial charge in [0.1, 0.15) is 13.2 Å². The lowest BCUT2D eigenvalue weighted by atomic mass is 10.2. The van der Waals surface area contributed by atoms with E-state index in [1.807, 2.05) is 6.07 Å². The number of hydrogen-bond acceptors (Lipinski definition) is 9. The first-order valence-electron chi connectivity index (χ1n) is 11.4. The Morgan fingerprint density at radius 2 is 1.86 bits per heavy atom. The van der Waals surface area contributed by atoms with Crippen molar-refractivity contribution in [2.75, 3.05) is 32.9 Å². The van der Waals surface area contributed by atoms with Crippen LogP contribution in [-0.2, 0) is 37.1 Å². The van der Waals surface area contributed by atoms with E-state index in [9.17, 15) is 19.7 Å². The Morgan fingerprint density at radius 3 is 2.56 bits per heavy atom. The predicted octanol–water partition coefficient (Wildman–Crippen LogP) is 2.29. The fraction of sp³-hybridized carbons (Fsp3) is 0.333. The average Bonchev–Trinajstić information content (AvgIpc) is 3.25. The summed E-state index contributed by atoms with van der Waals surface area (Å²) in [6, 6.07) is 13.0. The van der Waals surface area contributed by atoms with E-state index in [0.717, 1.165) is 0 Å². The van der Waals surface area contributed by atoms with Crippen molar-refractivity contribution in [2.45, 2.75) is 20.1 Å². The maximum atomic E-state index is 13.0. The number of aromatic nitrogens is 2. The lowest BCUT2D eigenvalue weighted by molar-refractivity contribution is -0.384. The number of non-ortho nitro benzene ring substituents is 1. The van der Waals surface area contributed by atoms with E-state index in [-0.39, 0.29) is 42.9 Å². The Bertz CT molecular complexity index is 1280. The van der Waals surface area contributed by atoms with Crippen LogP contribution < -0.4 is 0 Å². The first kappa shape index (κ1) is 24.8.